The summed E-state index contributed by atoms with van der Waals surface area (Å²) in [4.78, 5) is 16.8. The van der Waals surface area contributed by atoms with E-state index < -0.39 is 0 Å². The number of pyridine rings is 1. The third-order valence-corrected chi connectivity index (χ3v) is 3.42. The van der Waals surface area contributed by atoms with Gasteiger partial charge in [0.25, 0.3) is 5.91 Å². The van der Waals surface area contributed by atoms with Gasteiger partial charge in [-0.3, -0.25) is 4.79 Å². The Balaban J connectivity index is 2.33. The van der Waals surface area contributed by atoms with E-state index in [2.05, 4.69) is 22.5 Å². The number of hydrogen-bond acceptors (Lipinski definition) is 3. The minimum absolute atomic E-state index is 0.110. The monoisotopic (exact) mass is 285 g/mol. The molecule has 0 aliphatic heterocycles. The van der Waals surface area contributed by atoms with E-state index in [4.69, 9.17) is 0 Å². The molecule has 2 aromatic rings. The van der Waals surface area contributed by atoms with E-state index in [-0.39, 0.29) is 11.9 Å². The predicted molar refractivity (Wildman–Crippen MR) is 87.7 cm³/mol. The maximum atomic E-state index is 12.3. The Kier molecular flexibility index (Phi) is 5.14. The average Bonchev–Trinajstić information content (AvgIpc) is 2.47. The Morgan fingerprint density at radius 1 is 1.29 bits per heavy atom. The van der Waals surface area contributed by atoms with Crippen LogP contribution in [0.4, 0.5) is 5.82 Å². The van der Waals surface area contributed by atoms with E-state index in [1.807, 2.05) is 44.2 Å². The lowest BCUT2D eigenvalue weighted by molar-refractivity contribution is 0.0933. The second-order valence-electron chi connectivity index (χ2n) is 5.27. The van der Waals surface area contributed by atoms with Crippen LogP contribution in [0, 0.1) is 0 Å². The van der Waals surface area contributed by atoms with Crippen molar-refractivity contribution in [3.63, 3.8) is 0 Å². The standard InChI is InChI=1S/C17H23N3O/c1-4-8-12(3)19-17(21)15-11-13-9-6-7-10-14(13)16(20-15)18-5-2/h6-7,9-12H,4-5,8H2,1-3H3,(H,18,20)(H,19,21). The summed E-state index contributed by atoms with van der Waals surface area (Å²) in [6, 6.07) is 9.99. The molecule has 0 saturated carbocycles. The molecule has 1 aromatic heterocycles. The van der Waals surface area contributed by atoms with Crippen LogP contribution in [0.25, 0.3) is 10.8 Å². The highest BCUT2D eigenvalue weighted by Crippen LogP contribution is 2.22. The van der Waals surface area contributed by atoms with Crippen LogP contribution < -0.4 is 10.6 Å². The Morgan fingerprint density at radius 3 is 2.76 bits per heavy atom. The van der Waals surface area contributed by atoms with Gasteiger partial charge in [0.2, 0.25) is 0 Å². The fourth-order valence-corrected chi connectivity index (χ4v) is 2.42. The summed E-state index contributed by atoms with van der Waals surface area (Å²) >= 11 is 0. The van der Waals surface area contributed by atoms with E-state index in [0.29, 0.717) is 5.69 Å². The maximum absolute atomic E-state index is 12.3. The Bertz CT molecular complexity index is 624. The molecule has 1 aromatic carbocycles. The predicted octanol–water partition coefficient (Wildman–Crippen LogP) is 3.59. The molecule has 1 heterocycles. The summed E-state index contributed by atoms with van der Waals surface area (Å²) in [6.45, 7) is 6.93. The van der Waals surface area contributed by atoms with Crippen molar-refractivity contribution in [2.45, 2.75) is 39.7 Å². The summed E-state index contributed by atoms with van der Waals surface area (Å²) < 4.78 is 0. The van der Waals surface area contributed by atoms with E-state index in [0.717, 1.165) is 36.0 Å². The lowest BCUT2D eigenvalue weighted by Gasteiger charge is -2.14. The Morgan fingerprint density at radius 2 is 2.05 bits per heavy atom. The molecule has 112 valence electrons. The number of hydrogen-bond donors (Lipinski definition) is 2. The van der Waals surface area contributed by atoms with Crippen LogP contribution in [-0.2, 0) is 0 Å². The Labute approximate surface area is 126 Å². The quantitative estimate of drug-likeness (QED) is 0.853. The first kappa shape index (κ1) is 15.3. The smallest absolute Gasteiger partial charge is 0.270 e. The maximum Gasteiger partial charge on any atom is 0.270 e. The van der Waals surface area contributed by atoms with E-state index in [1.54, 1.807) is 0 Å². The van der Waals surface area contributed by atoms with Gasteiger partial charge in [0.15, 0.2) is 0 Å². The summed E-state index contributed by atoms with van der Waals surface area (Å²) in [7, 11) is 0. The van der Waals surface area contributed by atoms with Crippen molar-refractivity contribution in [3.8, 4) is 0 Å². The molecule has 21 heavy (non-hydrogen) atoms. The van der Waals surface area contributed by atoms with Gasteiger partial charge in [-0.1, -0.05) is 37.6 Å². The van der Waals surface area contributed by atoms with Crippen molar-refractivity contribution in [1.82, 2.24) is 10.3 Å². The molecular weight excluding hydrogens is 262 g/mol. The topological polar surface area (TPSA) is 54.0 Å². The molecule has 1 amide bonds. The van der Waals surface area contributed by atoms with Gasteiger partial charge < -0.3 is 10.6 Å². The van der Waals surface area contributed by atoms with Gasteiger partial charge in [0.1, 0.15) is 11.5 Å². The number of anilines is 1. The molecule has 0 saturated heterocycles. The van der Waals surface area contributed by atoms with Crippen LogP contribution in [-0.4, -0.2) is 23.5 Å². The highest BCUT2D eigenvalue weighted by atomic mass is 16.1. The van der Waals surface area contributed by atoms with Gasteiger partial charge in [-0.2, -0.15) is 0 Å². The second-order valence-corrected chi connectivity index (χ2v) is 5.27. The van der Waals surface area contributed by atoms with Gasteiger partial charge in [0, 0.05) is 18.0 Å². The number of benzene rings is 1. The molecule has 1 unspecified atom stereocenters. The van der Waals surface area contributed by atoms with Gasteiger partial charge in [0.05, 0.1) is 0 Å². The van der Waals surface area contributed by atoms with E-state index in [9.17, 15) is 4.79 Å². The first-order chi connectivity index (χ1) is 10.2. The number of fused-ring (bicyclic) bond motifs is 1. The largest absolute Gasteiger partial charge is 0.370 e. The number of nitrogens with zero attached hydrogens (tertiary/aromatic N) is 1. The van der Waals surface area contributed by atoms with Crippen molar-refractivity contribution < 1.29 is 4.79 Å². The lowest BCUT2D eigenvalue weighted by atomic mass is 10.1. The minimum atomic E-state index is -0.110. The van der Waals surface area contributed by atoms with Crippen molar-refractivity contribution in [2.24, 2.45) is 0 Å². The molecule has 1 atom stereocenters. The summed E-state index contributed by atoms with van der Waals surface area (Å²) in [5.74, 6) is 0.657. The van der Waals surface area contributed by atoms with Crippen molar-refractivity contribution in [2.75, 3.05) is 11.9 Å². The lowest BCUT2D eigenvalue weighted by Crippen LogP contribution is -2.33. The second kappa shape index (κ2) is 7.07. The molecule has 0 spiro atoms. The third kappa shape index (κ3) is 3.72. The van der Waals surface area contributed by atoms with Crippen molar-refractivity contribution in [1.29, 1.82) is 0 Å². The van der Waals surface area contributed by atoms with Crippen LogP contribution in [0.1, 0.15) is 44.1 Å². The van der Waals surface area contributed by atoms with Gasteiger partial charge in [-0.25, -0.2) is 4.98 Å². The molecule has 0 aliphatic carbocycles. The first-order valence-electron chi connectivity index (χ1n) is 7.60. The zero-order chi connectivity index (χ0) is 15.2. The summed E-state index contributed by atoms with van der Waals surface area (Å²) in [6.07, 6.45) is 2.02. The van der Waals surface area contributed by atoms with Gasteiger partial charge in [-0.05, 0) is 31.7 Å². The first-order valence-corrected chi connectivity index (χ1v) is 7.60. The molecule has 0 fully saturated rings. The SMILES string of the molecule is CCCC(C)NC(=O)c1cc2ccccc2c(NCC)n1. The molecule has 2 N–H and O–H groups in total. The van der Waals surface area contributed by atoms with E-state index in [1.165, 1.54) is 0 Å². The minimum Gasteiger partial charge on any atom is -0.370 e. The molecule has 0 radical (unpaired) electrons. The fourth-order valence-electron chi connectivity index (χ4n) is 2.42. The number of carbonyl (C=O) groups excluding carboxylic acids is 1. The molecule has 4 nitrogen and oxygen atoms in total. The number of carbonyl (C=O) groups is 1. The van der Waals surface area contributed by atoms with Crippen molar-refractivity contribution in [3.05, 3.63) is 36.0 Å². The van der Waals surface area contributed by atoms with Gasteiger partial charge in [-0.15, -0.1) is 0 Å². The molecule has 0 aliphatic rings. The Hall–Kier alpha value is -2.10. The van der Waals surface area contributed by atoms with Crippen LogP contribution in [0.2, 0.25) is 0 Å². The highest BCUT2D eigenvalue weighted by molar-refractivity contribution is 6.00. The molecule has 4 heteroatoms. The van der Waals surface area contributed by atoms with Crippen LogP contribution in [0.5, 0.6) is 0 Å². The van der Waals surface area contributed by atoms with Crippen LogP contribution in [0.15, 0.2) is 30.3 Å². The highest BCUT2D eigenvalue weighted by Gasteiger charge is 2.13. The molecular formula is C17H23N3O. The van der Waals surface area contributed by atoms with Crippen LogP contribution in [0.3, 0.4) is 0 Å². The molecule has 0 bridgehead atoms. The van der Waals surface area contributed by atoms with Crippen molar-refractivity contribution >= 4 is 22.5 Å². The zero-order valence-electron chi connectivity index (χ0n) is 12.9. The molecule has 2 rings (SSSR count). The average molecular weight is 285 g/mol. The number of rotatable bonds is 6. The van der Waals surface area contributed by atoms with E-state index >= 15 is 0 Å². The summed E-state index contributed by atoms with van der Waals surface area (Å²) in [5.41, 5.74) is 0.465. The van der Waals surface area contributed by atoms with Gasteiger partial charge >= 0.3 is 0 Å². The fraction of sp³-hybridized carbons (Fsp3) is 0.412. The van der Waals surface area contributed by atoms with Crippen LogP contribution >= 0.6 is 0 Å². The number of aromatic nitrogens is 1. The third-order valence-electron chi connectivity index (χ3n) is 3.42. The number of amides is 1. The zero-order valence-corrected chi connectivity index (χ0v) is 12.9. The normalized spacial score (nSPS) is 12.1. The summed E-state index contributed by atoms with van der Waals surface area (Å²) in [5, 5.41) is 8.30. The number of nitrogens with one attached hydrogen (secondary N) is 2.